The predicted octanol–water partition coefficient (Wildman–Crippen LogP) is 4.18. The topological polar surface area (TPSA) is 65.1 Å². The molecular weight excluding hydrogens is 431 g/mol. The Morgan fingerprint density at radius 3 is 2.38 bits per heavy atom. The predicted molar refractivity (Wildman–Crippen MR) is 102 cm³/mol. The van der Waals surface area contributed by atoms with Gasteiger partial charge >= 0.3 is 12.6 Å². The summed E-state index contributed by atoms with van der Waals surface area (Å²) in [6, 6.07) is 10.4. The summed E-state index contributed by atoms with van der Waals surface area (Å²) in [4.78, 5) is 25.1. The van der Waals surface area contributed by atoms with Gasteiger partial charge in [-0.15, -0.1) is 0 Å². The maximum atomic E-state index is 12.1. The van der Waals surface area contributed by atoms with E-state index in [1.807, 2.05) is 0 Å². The first-order chi connectivity index (χ1) is 13.7. The molecule has 0 saturated heterocycles. The number of carbonyl (C=O) groups excluding carboxylic acids is 2. The Hall–Kier alpha value is -2.58. The lowest BCUT2D eigenvalue weighted by Crippen LogP contribution is -2.31. The van der Waals surface area contributed by atoms with Crippen LogP contribution in [0.3, 0.4) is 0 Å². The summed E-state index contributed by atoms with van der Waals surface area (Å²) in [6.45, 7) is -3.61. The second kappa shape index (κ2) is 10.8. The molecule has 156 valence electrons. The van der Waals surface area contributed by atoms with Crippen molar-refractivity contribution in [2.24, 2.45) is 0 Å². The summed E-state index contributed by atoms with van der Waals surface area (Å²) < 4.78 is 38.6. The van der Waals surface area contributed by atoms with Crippen molar-refractivity contribution in [2.45, 2.75) is 13.2 Å². The lowest BCUT2D eigenvalue weighted by molar-refractivity contribution is -0.153. The van der Waals surface area contributed by atoms with Gasteiger partial charge in [0.05, 0.1) is 5.02 Å². The normalized spacial score (nSPS) is 10.6. The zero-order valence-corrected chi connectivity index (χ0v) is 16.8. The number of hydrogen-bond acceptors (Lipinski definition) is 5. The molecule has 0 fully saturated rings. The van der Waals surface area contributed by atoms with E-state index in [-0.39, 0.29) is 23.1 Å². The van der Waals surface area contributed by atoms with Crippen LogP contribution < -0.4 is 9.47 Å². The van der Waals surface area contributed by atoms with Gasteiger partial charge in [-0.3, -0.25) is 4.79 Å². The van der Waals surface area contributed by atoms with Crippen LogP contribution in [0.2, 0.25) is 10.0 Å². The number of benzene rings is 2. The average molecular weight is 448 g/mol. The molecule has 1 amide bonds. The van der Waals surface area contributed by atoms with Gasteiger partial charge in [-0.05, 0) is 35.9 Å². The van der Waals surface area contributed by atoms with Crippen molar-refractivity contribution >= 4 is 35.1 Å². The minimum atomic E-state index is -2.90. The molecule has 2 rings (SSSR count). The van der Waals surface area contributed by atoms with Gasteiger partial charge in [-0.25, -0.2) is 4.79 Å². The lowest BCUT2D eigenvalue weighted by atomic mass is 10.2. The van der Waals surface area contributed by atoms with Gasteiger partial charge in [0, 0.05) is 18.6 Å². The van der Waals surface area contributed by atoms with Crippen LogP contribution >= 0.6 is 23.2 Å². The maximum absolute atomic E-state index is 12.1. The van der Waals surface area contributed by atoms with Gasteiger partial charge in [0.15, 0.2) is 13.2 Å². The fourth-order valence-corrected chi connectivity index (χ4v) is 2.62. The minimum absolute atomic E-state index is 0.0208. The van der Waals surface area contributed by atoms with Crippen LogP contribution in [-0.2, 0) is 20.9 Å². The number of carbonyl (C=O) groups is 2. The number of esters is 1. The molecular formula is C19H17Cl2F2NO5. The molecule has 10 heteroatoms. The molecule has 0 aliphatic rings. The zero-order valence-electron chi connectivity index (χ0n) is 15.2. The summed E-state index contributed by atoms with van der Waals surface area (Å²) in [5.41, 5.74) is 0.689. The monoisotopic (exact) mass is 447 g/mol. The third-order valence-corrected chi connectivity index (χ3v) is 4.12. The molecule has 0 aliphatic heterocycles. The van der Waals surface area contributed by atoms with Crippen molar-refractivity contribution in [3.05, 3.63) is 58.1 Å². The van der Waals surface area contributed by atoms with E-state index in [2.05, 4.69) is 4.74 Å². The van der Waals surface area contributed by atoms with Crippen LogP contribution in [0.4, 0.5) is 8.78 Å². The van der Waals surface area contributed by atoms with Crippen molar-refractivity contribution in [3.8, 4) is 11.5 Å². The first kappa shape index (κ1) is 22.7. The van der Waals surface area contributed by atoms with E-state index in [1.165, 1.54) is 36.2 Å². The standard InChI is InChI=1S/C19H17Cl2F2NO5/c1-24(9-12-2-5-14(6-3-12)29-19(22)23)17(25)10-28-18(26)11-27-16-7-4-13(20)8-15(16)21/h2-8,19H,9-11H2,1H3. The van der Waals surface area contributed by atoms with E-state index < -0.39 is 31.7 Å². The number of nitrogens with zero attached hydrogens (tertiary/aromatic N) is 1. The Balaban J connectivity index is 1.75. The fourth-order valence-electron chi connectivity index (χ4n) is 2.16. The van der Waals surface area contributed by atoms with Crippen LogP contribution in [0.1, 0.15) is 5.56 Å². The zero-order chi connectivity index (χ0) is 21.4. The quantitative estimate of drug-likeness (QED) is 0.539. The summed E-state index contributed by atoms with van der Waals surface area (Å²) in [6.07, 6.45) is 0. The van der Waals surface area contributed by atoms with Gasteiger partial charge in [0.25, 0.3) is 5.91 Å². The van der Waals surface area contributed by atoms with E-state index >= 15 is 0 Å². The van der Waals surface area contributed by atoms with E-state index in [9.17, 15) is 18.4 Å². The first-order valence-electron chi connectivity index (χ1n) is 8.26. The highest BCUT2D eigenvalue weighted by molar-refractivity contribution is 6.35. The molecule has 0 aromatic heterocycles. The van der Waals surface area contributed by atoms with Gasteiger partial charge in [0.2, 0.25) is 0 Å². The number of halogens is 4. The third kappa shape index (κ3) is 7.75. The second-order valence-electron chi connectivity index (χ2n) is 5.80. The SMILES string of the molecule is CN(Cc1ccc(OC(F)F)cc1)C(=O)COC(=O)COc1ccc(Cl)cc1Cl. The molecule has 0 spiro atoms. The van der Waals surface area contributed by atoms with E-state index in [0.717, 1.165) is 0 Å². The first-order valence-corrected chi connectivity index (χ1v) is 9.01. The largest absolute Gasteiger partial charge is 0.480 e. The van der Waals surface area contributed by atoms with Crippen LogP contribution in [0.25, 0.3) is 0 Å². The highest BCUT2D eigenvalue weighted by atomic mass is 35.5. The molecule has 2 aromatic carbocycles. The molecule has 0 atom stereocenters. The number of alkyl halides is 2. The van der Waals surface area contributed by atoms with Gasteiger partial charge in [-0.2, -0.15) is 8.78 Å². The molecule has 0 bridgehead atoms. The van der Waals surface area contributed by atoms with Crippen LogP contribution in [-0.4, -0.2) is 43.6 Å². The number of rotatable bonds is 9. The van der Waals surface area contributed by atoms with Crippen molar-refractivity contribution in [2.75, 3.05) is 20.3 Å². The number of ether oxygens (including phenoxy) is 3. The Kier molecular flexibility index (Phi) is 8.48. The maximum Gasteiger partial charge on any atom is 0.387 e. The molecule has 0 unspecified atom stereocenters. The summed E-state index contributed by atoms with van der Waals surface area (Å²) in [5.74, 6) is -0.912. The Morgan fingerprint density at radius 2 is 1.76 bits per heavy atom. The molecule has 0 N–H and O–H groups in total. The van der Waals surface area contributed by atoms with Gasteiger partial charge < -0.3 is 19.1 Å². The molecule has 6 nitrogen and oxygen atoms in total. The van der Waals surface area contributed by atoms with Crippen LogP contribution in [0.5, 0.6) is 11.5 Å². The number of amides is 1. The van der Waals surface area contributed by atoms with Crippen LogP contribution in [0, 0.1) is 0 Å². The molecule has 29 heavy (non-hydrogen) atoms. The van der Waals surface area contributed by atoms with Crippen molar-refractivity contribution in [3.63, 3.8) is 0 Å². The molecule has 2 aromatic rings. The summed E-state index contributed by atoms with van der Waals surface area (Å²) in [5, 5.41) is 0.667. The summed E-state index contributed by atoms with van der Waals surface area (Å²) >= 11 is 11.7. The Bertz CT molecular complexity index is 849. The second-order valence-corrected chi connectivity index (χ2v) is 6.64. The third-order valence-electron chi connectivity index (χ3n) is 3.59. The van der Waals surface area contributed by atoms with E-state index in [4.69, 9.17) is 32.7 Å². The van der Waals surface area contributed by atoms with Crippen molar-refractivity contribution in [1.29, 1.82) is 0 Å². The minimum Gasteiger partial charge on any atom is -0.480 e. The fraction of sp³-hybridized carbons (Fsp3) is 0.263. The van der Waals surface area contributed by atoms with Gasteiger partial charge in [-0.1, -0.05) is 35.3 Å². The molecule has 0 saturated carbocycles. The van der Waals surface area contributed by atoms with Gasteiger partial charge in [0.1, 0.15) is 11.5 Å². The number of likely N-dealkylation sites (N-methyl/N-ethyl adjacent to an activating group) is 1. The smallest absolute Gasteiger partial charge is 0.387 e. The number of hydrogen-bond donors (Lipinski definition) is 0. The molecule has 0 radical (unpaired) electrons. The van der Waals surface area contributed by atoms with Crippen molar-refractivity contribution < 1.29 is 32.6 Å². The summed E-state index contributed by atoms with van der Waals surface area (Å²) in [7, 11) is 1.52. The lowest BCUT2D eigenvalue weighted by Gasteiger charge is -2.17. The Labute approximate surface area is 175 Å². The van der Waals surface area contributed by atoms with Crippen molar-refractivity contribution in [1.82, 2.24) is 4.90 Å². The van der Waals surface area contributed by atoms with E-state index in [1.54, 1.807) is 18.2 Å². The average Bonchev–Trinajstić information content (AvgIpc) is 2.66. The highest BCUT2D eigenvalue weighted by Crippen LogP contribution is 2.27. The van der Waals surface area contributed by atoms with E-state index in [0.29, 0.717) is 10.6 Å². The molecule has 0 aliphatic carbocycles. The highest BCUT2D eigenvalue weighted by Gasteiger charge is 2.14. The molecule has 0 heterocycles. The Morgan fingerprint density at radius 1 is 1.07 bits per heavy atom. The van der Waals surface area contributed by atoms with Crippen LogP contribution in [0.15, 0.2) is 42.5 Å².